The Hall–Kier alpha value is -3.83. The third kappa shape index (κ3) is 5.05. The second kappa shape index (κ2) is 10.5. The molecule has 5 rings (SSSR count). The highest BCUT2D eigenvalue weighted by Crippen LogP contribution is 2.40. The Labute approximate surface area is 246 Å². The average Bonchev–Trinajstić information content (AvgIpc) is 3.38. The first-order chi connectivity index (χ1) is 19.6. The van der Waals surface area contributed by atoms with E-state index in [0.29, 0.717) is 11.0 Å². The van der Waals surface area contributed by atoms with E-state index in [-0.39, 0.29) is 36.6 Å². The standard InChI is InChI=1S/C31H38BN3O7/c1-19(20-12-10-9-11-13-20)33-28(38)31(6)18-39-25-22-15-14-21(32-41-29(2,3)30(4,5)42-32)16-23(22)40-26(25)27(37)35(31)17-24(36)34(7)8/h9-16,19H,17-18H2,1-8H3,(H,33,38)/t19-,31?/m0/s1. The first-order valence-electron chi connectivity index (χ1n) is 14.1. The summed E-state index contributed by atoms with van der Waals surface area (Å²) >= 11 is 0. The van der Waals surface area contributed by atoms with Gasteiger partial charge in [-0.15, -0.1) is 0 Å². The van der Waals surface area contributed by atoms with Crippen molar-refractivity contribution in [3.8, 4) is 5.75 Å². The maximum Gasteiger partial charge on any atom is 0.494 e. The highest BCUT2D eigenvalue weighted by atomic mass is 16.7. The molecule has 3 amide bonds. The van der Waals surface area contributed by atoms with Crippen LogP contribution in [0.3, 0.4) is 0 Å². The lowest BCUT2D eigenvalue weighted by atomic mass is 9.79. The van der Waals surface area contributed by atoms with E-state index in [1.165, 1.54) is 9.80 Å². The Bertz CT molecular complexity index is 1520. The fourth-order valence-corrected chi connectivity index (χ4v) is 5.02. The van der Waals surface area contributed by atoms with Gasteiger partial charge >= 0.3 is 7.12 Å². The Balaban J connectivity index is 1.49. The molecular weight excluding hydrogens is 537 g/mol. The lowest BCUT2D eigenvalue weighted by molar-refractivity contribution is -0.137. The maximum absolute atomic E-state index is 14.1. The van der Waals surface area contributed by atoms with Crippen molar-refractivity contribution < 1.29 is 32.8 Å². The first kappa shape index (κ1) is 29.7. The molecule has 0 bridgehead atoms. The van der Waals surface area contributed by atoms with Gasteiger partial charge in [-0.25, -0.2) is 0 Å². The summed E-state index contributed by atoms with van der Waals surface area (Å²) in [5, 5.41) is 3.57. The Morgan fingerprint density at radius 1 is 1.02 bits per heavy atom. The number of rotatable bonds is 6. The van der Waals surface area contributed by atoms with Crippen LogP contribution in [-0.4, -0.2) is 78.6 Å². The van der Waals surface area contributed by atoms with Crippen LogP contribution >= 0.6 is 0 Å². The van der Waals surface area contributed by atoms with Gasteiger partial charge in [0.15, 0.2) is 11.3 Å². The number of likely N-dealkylation sites (N-methyl/N-ethyl adjacent to an activating group) is 1. The van der Waals surface area contributed by atoms with Gasteiger partial charge in [-0.3, -0.25) is 14.4 Å². The number of benzene rings is 2. The van der Waals surface area contributed by atoms with Crippen molar-refractivity contribution in [3.63, 3.8) is 0 Å². The minimum atomic E-state index is -1.51. The van der Waals surface area contributed by atoms with Crippen LogP contribution < -0.4 is 15.5 Å². The Kier molecular flexibility index (Phi) is 7.39. The second-order valence-electron chi connectivity index (χ2n) is 12.5. The average molecular weight is 575 g/mol. The van der Waals surface area contributed by atoms with Crippen molar-refractivity contribution in [2.24, 2.45) is 0 Å². The molecule has 1 unspecified atom stereocenters. The summed E-state index contributed by atoms with van der Waals surface area (Å²) in [6.45, 7) is 10.8. The van der Waals surface area contributed by atoms with Crippen molar-refractivity contribution in [2.45, 2.75) is 64.3 Å². The lowest BCUT2D eigenvalue weighted by Gasteiger charge is -2.38. The zero-order valence-electron chi connectivity index (χ0n) is 25.4. The number of hydrogen-bond donors (Lipinski definition) is 1. The van der Waals surface area contributed by atoms with E-state index in [2.05, 4.69) is 5.32 Å². The molecule has 2 atom stereocenters. The van der Waals surface area contributed by atoms with Gasteiger partial charge in [0, 0.05) is 14.1 Å². The van der Waals surface area contributed by atoms with Crippen molar-refractivity contribution in [3.05, 3.63) is 59.9 Å². The molecule has 10 nitrogen and oxygen atoms in total. The van der Waals surface area contributed by atoms with E-state index >= 15 is 0 Å². The molecular formula is C31H38BN3O7. The van der Waals surface area contributed by atoms with E-state index in [4.69, 9.17) is 18.5 Å². The fourth-order valence-electron chi connectivity index (χ4n) is 5.02. The Morgan fingerprint density at radius 3 is 2.29 bits per heavy atom. The van der Waals surface area contributed by atoms with Crippen molar-refractivity contribution in [1.29, 1.82) is 0 Å². The summed E-state index contributed by atoms with van der Waals surface area (Å²) in [5.74, 6) is -1.26. The van der Waals surface area contributed by atoms with Gasteiger partial charge < -0.3 is 33.6 Å². The molecule has 3 aromatic rings. The highest BCUT2D eigenvalue weighted by Gasteiger charge is 2.52. The number of amides is 3. The second-order valence-corrected chi connectivity index (χ2v) is 12.5. The van der Waals surface area contributed by atoms with Crippen LogP contribution in [0, 0.1) is 0 Å². The zero-order chi connectivity index (χ0) is 30.6. The normalized spacial score (nSPS) is 21.9. The summed E-state index contributed by atoms with van der Waals surface area (Å²) in [7, 11) is 2.58. The lowest BCUT2D eigenvalue weighted by Crippen LogP contribution is -2.63. The summed E-state index contributed by atoms with van der Waals surface area (Å²) < 4.78 is 24.7. The van der Waals surface area contributed by atoms with Crippen molar-refractivity contribution in [1.82, 2.24) is 15.1 Å². The van der Waals surface area contributed by atoms with Gasteiger partial charge in [0.05, 0.1) is 22.6 Å². The molecule has 1 N–H and O–H groups in total. The molecule has 2 aliphatic heterocycles. The summed E-state index contributed by atoms with van der Waals surface area (Å²) in [5.41, 5.74) is -0.505. The molecule has 3 heterocycles. The van der Waals surface area contributed by atoms with E-state index in [1.54, 1.807) is 33.2 Å². The van der Waals surface area contributed by atoms with Crippen molar-refractivity contribution >= 4 is 41.3 Å². The Morgan fingerprint density at radius 2 is 1.67 bits per heavy atom. The molecule has 2 aliphatic rings. The molecule has 2 aromatic carbocycles. The van der Waals surface area contributed by atoms with Crippen LogP contribution in [0.15, 0.2) is 52.9 Å². The number of nitrogens with one attached hydrogen (secondary N) is 1. The van der Waals surface area contributed by atoms with Crippen LogP contribution in [0.1, 0.15) is 63.7 Å². The number of carbonyl (C=O) groups excluding carboxylic acids is 3. The van der Waals surface area contributed by atoms with Crippen LogP contribution in [0.2, 0.25) is 0 Å². The molecule has 0 spiro atoms. The van der Waals surface area contributed by atoms with E-state index in [9.17, 15) is 14.4 Å². The SMILES string of the molecule is C[C@H](NC(=O)C1(C)COc2c(oc3cc(B4OC(C)(C)C(C)(C)O4)ccc23)C(=O)N1CC(=O)N(C)C)c1ccccc1. The minimum Gasteiger partial charge on any atom is -0.486 e. The molecule has 11 heteroatoms. The van der Waals surface area contributed by atoms with Gasteiger partial charge in [-0.05, 0) is 64.7 Å². The summed E-state index contributed by atoms with van der Waals surface area (Å²) in [6.07, 6.45) is 0. The van der Waals surface area contributed by atoms with Crippen LogP contribution in [-0.2, 0) is 18.9 Å². The third-order valence-corrected chi connectivity index (χ3v) is 8.66. The molecule has 1 aromatic heterocycles. The molecule has 0 radical (unpaired) electrons. The van der Waals surface area contributed by atoms with E-state index in [0.717, 1.165) is 11.0 Å². The number of ether oxygens (including phenoxy) is 1. The summed E-state index contributed by atoms with van der Waals surface area (Å²) in [6, 6.07) is 14.6. The molecule has 0 saturated carbocycles. The van der Waals surface area contributed by atoms with E-state index < -0.39 is 35.7 Å². The molecule has 0 aliphatic carbocycles. The number of hydrogen-bond acceptors (Lipinski definition) is 7. The van der Waals surface area contributed by atoms with Crippen LogP contribution in [0.25, 0.3) is 11.0 Å². The van der Waals surface area contributed by atoms with Gasteiger partial charge in [-0.1, -0.05) is 36.4 Å². The third-order valence-electron chi connectivity index (χ3n) is 8.66. The van der Waals surface area contributed by atoms with E-state index in [1.807, 2.05) is 71.0 Å². The summed E-state index contributed by atoms with van der Waals surface area (Å²) in [4.78, 5) is 43.5. The van der Waals surface area contributed by atoms with Gasteiger partial charge in [0.2, 0.25) is 17.6 Å². The van der Waals surface area contributed by atoms with Gasteiger partial charge in [0.25, 0.3) is 5.91 Å². The topological polar surface area (TPSA) is 111 Å². The molecule has 222 valence electrons. The van der Waals surface area contributed by atoms with Crippen molar-refractivity contribution in [2.75, 3.05) is 27.2 Å². The molecule has 1 saturated heterocycles. The highest BCUT2D eigenvalue weighted by molar-refractivity contribution is 6.62. The van der Waals surface area contributed by atoms with Gasteiger partial charge in [-0.2, -0.15) is 0 Å². The fraction of sp³-hybridized carbons (Fsp3) is 0.452. The van der Waals surface area contributed by atoms with Crippen LogP contribution in [0.5, 0.6) is 5.75 Å². The minimum absolute atomic E-state index is 0.0738. The van der Waals surface area contributed by atoms with Gasteiger partial charge in [0.1, 0.15) is 18.7 Å². The number of fused-ring (bicyclic) bond motifs is 3. The zero-order valence-corrected chi connectivity index (χ0v) is 25.4. The monoisotopic (exact) mass is 575 g/mol. The number of furan rings is 1. The maximum atomic E-state index is 14.1. The first-order valence-corrected chi connectivity index (χ1v) is 14.1. The molecule has 1 fully saturated rings. The largest absolute Gasteiger partial charge is 0.494 e. The van der Waals surface area contributed by atoms with Crippen LogP contribution in [0.4, 0.5) is 0 Å². The number of carbonyl (C=O) groups is 3. The predicted octanol–water partition coefficient (Wildman–Crippen LogP) is 3.29. The quantitative estimate of drug-likeness (QED) is 0.450. The number of nitrogens with zero attached hydrogens (tertiary/aromatic N) is 2. The molecule has 42 heavy (non-hydrogen) atoms. The predicted molar refractivity (Wildman–Crippen MR) is 159 cm³/mol. The smallest absolute Gasteiger partial charge is 0.486 e.